The number of carbonyl (C=O) groups is 1. The van der Waals surface area contributed by atoms with Gasteiger partial charge in [0.05, 0.1) is 11.5 Å². The van der Waals surface area contributed by atoms with Crippen LogP contribution in [0.5, 0.6) is 5.75 Å². The fraction of sp³-hybridized carbons (Fsp3) is 0.500. The van der Waals surface area contributed by atoms with Gasteiger partial charge in [-0.3, -0.25) is 29.0 Å². The van der Waals surface area contributed by atoms with Crippen LogP contribution in [-0.4, -0.2) is 63.7 Å². The topological polar surface area (TPSA) is 214 Å². The molecule has 248 valence electrons. The van der Waals surface area contributed by atoms with Gasteiger partial charge in [0.25, 0.3) is 11.2 Å². The highest BCUT2D eigenvalue weighted by Crippen LogP contribution is 2.40. The summed E-state index contributed by atoms with van der Waals surface area (Å²) in [6.07, 6.45) is -4.57. The van der Waals surface area contributed by atoms with Crippen LogP contribution in [0.25, 0.3) is 11.2 Å². The van der Waals surface area contributed by atoms with Gasteiger partial charge in [-0.2, -0.15) is 4.98 Å². The van der Waals surface area contributed by atoms with Crippen molar-refractivity contribution in [3.8, 4) is 5.75 Å². The summed E-state index contributed by atoms with van der Waals surface area (Å²) in [5, 5.41) is 11.0. The number of nitrogens with zero attached hydrogens (tertiary/aromatic N) is 4. The van der Waals surface area contributed by atoms with Crippen molar-refractivity contribution in [3.05, 3.63) is 67.9 Å². The fourth-order valence-corrected chi connectivity index (χ4v) is 9.63. The molecule has 2 aliphatic rings. The van der Waals surface area contributed by atoms with E-state index in [4.69, 9.17) is 33.8 Å². The highest BCUT2D eigenvalue weighted by Gasteiger charge is 2.56. The number of aromatic amines is 1. The number of ether oxygens (including phenoxy) is 3. The number of H-pyrrole nitrogens is 1. The molecule has 2 aliphatic heterocycles. The molecule has 2 saturated heterocycles. The number of imidazole rings is 1. The molecule has 5 rings (SSSR count). The number of nitrogen functional groups attached to an aromatic ring is 1. The Hall–Kier alpha value is -4.36. The molecule has 46 heavy (non-hydrogen) atoms. The Morgan fingerprint density at radius 2 is 1.91 bits per heavy atom. The number of carbonyl (C=O) groups excluding carboxylic acids is 1. The maximum absolute atomic E-state index is 13.8. The average molecular weight is 661 g/mol. The molecule has 3 N–H and O–H groups in total. The average Bonchev–Trinajstić information content (AvgIpc) is 3.36. The van der Waals surface area contributed by atoms with Crippen LogP contribution < -0.4 is 21.7 Å². The van der Waals surface area contributed by atoms with Crippen molar-refractivity contribution in [3.63, 3.8) is 0 Å². The second kappa shape index (κ2) is 13.2. The zero-order valence-electron chi connectivity index (χ0n) is 25.7. The van der Waals surface area contributed by atoms with Gasteiger partial charge in [0.15, 0.2) is 29.6 Å². The van der Waals surface area contributed by atoms with E-state index in [-0.39, 0.29) is 53.5 Å². The SMILES string of the molecule is C=CCn1c(=O)n([C@@H]2O[C@@H]3CO[Si](CC(C)C)(CC(C)C)OO[C@H]3[C@H]2OC(=O)Oc2ccc([N+](=O)[O-])cc2)c2nc(N)[nH]c(=O)c21. The summed E-state index contributed by atoms with van der Waals surface area (Å²) in [5.41, 5.74) is 4.01. The van der Waals surface area contributed by atoms with E-state index in [1.165, 1.54) is 18.2 Å². The molecule has 17 nitrogen and oxygen atoms in total. The largest absolute Gasteiger partial charge is 0.514 e. The summed E-state index contributed by atoms with van der Waals surface area (Å²) in [6, 6.07) is 6.04. The van der Waals surface area contributed by atoms with Gasteiger partial charge in [0.2, 0.25) is 5.95 Å². The van der Waals surface area contributed by atoms with Gasteiger partial charge in [-0.05, 0) is 36.1 Å². The zero-order chi connectivity index (χ0) is 33.3. The number of anilines is 1. The number of hydrogen-bond donors (Lipinski definition) is 2. The number of rotatable bonds is 10. The van der Waals surface area contributed by atoms with Gasteiger partial charge in [0, 0.05) is 18.7 Å². The summed E-state index contributed by atoms with van der Waals surface area (Å²) >= 11 is 0. The van der Waals surface area contributed by atoms with E-state index >= 15 is 0 Å². The van der Waals surface area contributed by atoms with E-state index in [1.54, 1.807) is 0 Å². The molecule has 0 amide bonds. The van der Waals surface area contributed by atoms with E-state index in [0.717, 1.165) is 21.3 Å². The van der Waals surface area contributed by atoms with Gasteiger partial charge in [0.1, 0.15) is 11.9 Å². The summed E-state index contributed by atoms with van der Waals surface area (Å²) < 4.78 is 32.1. The molecule has 4 atom stereocenters. The Kier molecular flexibility index (Phi) is 9.45. The number of non-ortho nitro benzene ring substituents is 1. The molecule has 0 radical (unpaired) electrons. The number of allylic oxidation sites excluding steroid dienone is 1. The first-order valence-corrected chi connectivity index (χ1v) is 16.9. The van der Waals surface area contributed by atoms with Crippen molar-refractivity contribution >= 4 is 37.5 Å². The van der Waals surface area contributed by atoms with Crippen LogP contribution in [-0.2, 0) is 29.9 Å². The lowest BCUT2D eigenvalue weighted by Crippen LogP contribution is -2.45. The number of benzene rings is 1. The van der Waals surface area contributed by atoms with Crippen LogP contribution in [0, 0.1) is 22.0 Å². The van der Waals surface area contributed by atoms with Crippen LogP contribution in [0.15, 0.2) is 46.5 Å². The fourth-order valence-electron chi connectivity index (χ4n) is 5.80. The summed E-state index contributed by atoms with van der Waals surface area (Å²) in [4.78, 5) is 62.9. The van der Waals surface area contributed by atoms with Crippen molar-refractivity contribution in [2.24, 2.45) is 11.8 Å². The Balaban J connectivity index is 1.54. The van der Waals surface area contributed by atoms with E-state index in [0.29, 0.717) is 12.1 Å². The Bertz CT molecular complexity index is 1720. The lowest BCUT2D eigenvalue weighted by atomic mass is 10.1. The number of nitrogens with two attached hydrogens (primary N) is 1. The quantitative estimate of drug-likeness (QED) is 0.0609. The molecule has 0 saturated carbocycles. The second-order valence-electron chi connectivity index (χ2n) is 12.0. The number of nitrogens with one attached hydrogen (secondary N) is 1. The van der Waals surface area contributed by atoms with E-state index in [9.17, 15) is 24.5 Å². The van der Waals surface area contributed by atoms with Crippen molar-refractivity contribution in [1.82, 2.24) is 19.1 Å². The molecule has 0 aliphatic carbocycles. The lowest BCUT2D eigenvalue weighted by Gasteiger charge is -2.31. The summed E-state index contributed by atoms with van der Waals surface area (Å²) in [6.45, 7) is 11.8. The third-order valence-corrected chi connectivity index (χ3v) is 11.4. The molecule has 2 aromatic heterocycles. The zero-order valence-corrected chi connectivity index (χ0v) is 26.7. The first-order valence-electron chi connectivity index (χ1n) is 14.7. The summed E-state index contributed by atoms with van der Waals surface area (Å²) in [7, 11) is -2.93. The predicted molar refractivity (Wildman–Crippen MR) is 164 cm³/mol. The molecule has 2 fully saturated rings. The molecule has 4 heterocycles. The first-order chi connectivity index (χ1) is 21.8. The molecule has 0 bridgehead atoms. The van der Waals surface area contributed by atoms with Crippen LogP contribution in [0.3, 0.4) is 0 Å². The van der Waals surface area contributed by atoms with Gasteiger partial charge >= 0.3 is 20.4 Å². The second-order valence-corrected chi connectivity index (χ2v) is 15.1. The van der Waals surface area contributed by atoms with Crippen LogP contribution in [0.1, 0.15) is 33.9 Å². The molecule has 18 heteroatoms. The number of hydrogen-bond acceptors (Lipinski definition) is 13. The van der Waals surface area contributed by atoms with Gasteiger partial charge in [-0.25, -0.2) is 19.0 Å². The van der Waals surface area contributed by atoms with E-state index in [1.807, 2.05) is 27.7 Å². The monoisotopic (exact) mass is 660 g/mol. The van der Waals surface area contributed by atoms with Crippen LogP contribution in [0.2, 0.25) is 12.1 Å². The molecular formula is C28H36N6O11Si. The minimum absolute atomic E-state index is 0.000287. The first kappa shape index (κ1) is 33.0. The number of nitro benzene ring substituents is 1. The van der Waals surface area contributed by atoms with E-state index < -0.39 is 55.4 Å². The molecule has 3 aromatic rings. The van der Waals surface area contributed by atoms with Crippen molar-refractivity contribution < 1.29 is 37.8 Å². The Labute approximate surface area is 263 Å². The Morgan fingerprint density at radius 1 is 1.24 bits per heavy atom. The van der Waals surface area contributed by atoms with Crippen LogP contribution in [0.4, 0.5) is 16.4 Å². The third kappa shape index (κ3) is 6.61. The van der Waals surface area contributed by atoms with Crippen LogP contribution >= 0.6 is 0 Å². The number of aromatic nitrogens is 4. The van der Waals surface area contributed by atoms with Crippen molar-refractivity contribution in [2.75, 3.05) is 12.3 Å². The van der Waals surface area contributed by atoms with E-state index in [2.05, 4.69) is 16.5 Å². The molecule has 0 spiro atoms. The maximum Gasteiger partial charge on any atom is 0.514 e. The molecule has 1 aromatic carbocycles. The summed E-state index contributed by atoms with van der Waals surface area (Å²) in [5.74, 6) is 0.164. The van der Waals surface area contributed by atoms with Crippen molar-refractivity contribution in [2.45, 2.75) is 70.9 Å². The third-order valence-electron chi connectivity index (χ3n) is 7.42. The predicted octanol–water partition coefficient (Wildman–Crippen LogP) is 3.15. The number of fused-ring (bicyclic) bond motifs is 2. The smallest absolute Gasteiger partial charge is 0.423 e. The molecule has 0 unspecified atom stereocenters. The minimum atomic E-state index is -2.93. The minimum Gasteiger partial charge on any atom is -0.423 e. The highest BCUT2D eigenvalue weighted by atomic mass is 28.4. The van der Waals surface area contributed by atoms with Gasteiger partial charge in [-0.15, -0.1) is 6.58 Å². The number of nitro groups is 1. The maximum atomic E-state index is 13.8. The lowest BCUT2D eigenvalue weighted by molar-refractivity contribution is -0.384. The van der Waals surface area contributed by atoms with Gasteiger partial charge < -0.3 is 24.4 Å². The Morgan fingerprint density at radius 3 is 2.52 bits per heavy atom. The highest BCUT2D eigenvalue weighted by molar-refractivity contribution is 6.67. The van der Waals surface area contributed by atoms with Crippen molar-refractivity contribution in [1.29, 1.82) is 0 Å². The normalized spacial score (nSPS) is 22.5. The standard InChI is InChI=1S/C28H36N6O11Si/c1-6-11-32-20-23(30-26(29)31-24(20)35)33(27(32)36)25-22(43-28(37)41-18-9-7-17(8-10-18)34(38)39)21-19(42-25)12-40-46(45-44-21,13-15(2)3)14-16(4)5/h6-10,15-16,19,21-22,25H,1,11-14H2,2-5H3,(H3,29,30,31,35)/t19-,21-,22-,25-/m1/s1. The molecular weight excluding hydrogens is 624 g/mol. The van der Waals surface area contributed by atoms with Gasteiger partial charge in [-0.1, -0.05) is 33.8 Å².